The highest BCUT2D eigenvalue weighted by Crippen LogP contribution is 2.23. The second-order valence-electron chi connectivity index (χ2n) is 7.48. The van der Waals surface area contributed by atoms with Crippen molar-refractivity contribution in [2.45, 2.75) is 33.4 Å². The minimum Gasteiger partial charge on any atom is -0.497 e. The van der Waals surface area contributed by atoms with E-state index in [-0.39, 0.29) is 6.04 Å². The Balaban J connectivity index is 1.52. The number of ether oxygens (including phenoxy) is 1. The van der Waals surface area contributed by atoms with Gasteiger partial charge in [-0.05, 0) is 62.7 Å². The molecule has 4 rings (SSSR count). The van der Waals surface area contributed by atoms with Crippen LogP contribution < -0.4 is 10.1 Å². The molecule has 0 aliphatic heterocycles. The fourth-order valence-corrected chi connectivity index (χ4v) is 3.69. The van der Waals surface area contributed by atoms with Crippen LogP contribution in [0, 0.1) is 13.8 Å². The number of hydrogen-bond acceptors (Lipinski definition) is 4. The van der Waals surface area contributed by atoms with Crippen LogP contribution >= 0.6 is 0 Å². The lowest BCUT2D eigenvalue weighted by Gasteiger charge is -2.17. The van der Waals surface area contributed by atoms with Gasteiger partial charge in [-0.25, -0.2) is 9.36 Å². The Bertz CT molecular complexity index is 1110. The van der Waals surface area contributed by atoms with Gasteiger partial charge in [0.2, 0.25) is 0 Å². The van der Waals surface area contributed by atoms with Crippen LogP contribution in [0.25, 0.3) is 11.4 Å². The Morgan fingerprint density at radius 1 is 1.07 bits per heavy atom. The summed E-state index contributed by atoms with van der Waals surface area (Å²) in [6, 6.07) is 16.5. The van der Waals surface area contributed by atoms with Gasteiger partial charge in [-0.3, -0.25) is 0 Å². The van der Waals surface area contributed by atoms with Crippen molar-refractivity contribution in [3.05, 3.63) is 89.5 Å². The van der Waals surface area contributed by atoms with Crippen molar-refractivity contribution in [2.24, 2.45) is 0 Å². The normalized spacial score (nSPS) is 12.1. The lowest BCUT2D eigenvalue weighted by Crippen LogP contribution is -2.20. The van der Waals surface area contributed by atoms with Crippen molar-refractivity contribution in [2.75, 3.05) is 7.11 Å². The van der Waals surface area contributed by atoms with E-state index >= 15 is 0 Å². The third-order valence-electron chi connectivity index (χ3n) is 5.42. The standard InChI is InChI=1S/C24H27N5O/c1-17-6-11-24(28-13-5-12-26-28)20(14-17)15-25-18(2)23-16-27-29(19(23)3)21-7-9-22(30-4)10-8-21/h5-14,16,18,25H,15H2,1-4H3/t18-/m0/s1. The van der Waals surface area contributed by atoms with E-state index in [1.165, 1.54) is 16.7 Å². The third kappa shape index (κ3) is 4.00. The van der Waals surface area contributed by atoms with Crippen LogP contribution in [0.1, 0.15) is 35.3 Å². The summed E-state index contributed by atoms with van der Waals surface area (Å²) in [7, 11) is 1.67. The highest BCUT2D eigenvalue weighted by molar-refractivity contribution is 5.43. The molecule has 1 N–H and O–H groups in total. The lowest BCUT2D eigenvalue weighted by atomic mass is 10.1. The number of aromatic nitrogens is 4. The molecular formula is C24H27N5O. The first-order chi connectivity index (χ1) is 14.6. The molecule has 6 nitrogen and oxygen atoms in total. The van der Waals surface area contributed by atoms with Gasteiger partial charge in [0.15, 0.2) is 0 Å². The SMILES string of the molecule is COc1ccc(-n2ncc([C@H](C)NCc3cc(C)ccc3-n3cccn3)c2C)cc1. The predicted molar refractivity (Wildman–Crippen MR) is 118 cm³/mol. The van der Waals surface area contributed by atoms with E-state index in [4.69, 9.17) is 4.74 Å². The molecule has 0 fully saturated rings. The van der Waals surface area contributed by atoms with Crippen LogP contribution in [0.5, 0.6) is 5.75 Å². The van der Waals surface area contributed by atoms with Crippen LogP contribution in [-0.4, -0.2) is 26.7 Å². The van der Waals surface area contributed by atoms with Crippen molar-refractivity contribution in [3.8, 4) is 17.1 Å². The zero-order valence-corrected chi connectivity index (χ0v) is 17.8. The van der Waals surface area contributed by atoms with E-state index in [2.05, 4.69) is 54.5 Å². The van der Waals surface area contributed by atoms with E-state index in [9.17, 15) is 0 Å². The second kappa shape index (κ2) is 8.55. The van der Waals surface area contributed by atoms with E-state index < -0.39 is 0 Å². The smallest absolute Gasteiger partial charge is 0.119 e. The number of rotatable bonds is 7. The molecule has 0 saturated carbocycles. The van der Waals surface area contributed by atoms with Gasteiger partial charge < -0.3 is 10.1 Å². The van der Waals surface area contributed by atoms with Crippen LogP contribution in [0.3, 0.4) is 0 Å². The summed E-state index contributed by atoms with van der Waals surface area (Å²) < 4.78 is 9.13. The molecule has 0 radical (unpaired) electrons. The second-order valence-corrected chi connectivity index (χ2v) is 7.48. The minimum atomic E-state index is 0.156. The molecular weight excluding hydrogens is 374 g/mol. The van der Waals surface area contributed by atoms with Gasteiger partial charge in [-0.2, -0.15) is 10.2 Å². The summed E-state index contributed by atoms with van der Waals surface area (Å²) in [5, 5.41) is 12.7. The molecule has 4 aromatic rings. The Hall–Kier alpha value is -3.38. The number of aryl methyl sites for hydroxylation is 1. The molecule has 2 aromatic heterocycles. The summed E-state index contributed by atoms with van der Waals surface area (Å²) in [6.45, 7) is 7.13. The van der Waals surface area contributed by atoms with Crippen molar-refractivity contribution in [1.82, 2.24) is 24.9 Å². The van der Waals surface area contributed by atoms with E-state index in [0.717, 1.165) is 29.4 Å². The maximum Gasteiger partial charge on any atom is 0.119 e. The number of hydrogen-bond donors (Lipinski definition) is 1. The van der Waals surface area contributed by atoms with Crippen molar-refractivity contribution in [3.63, 3.8) is 0 Å². The zero-order valence-electron chi connectivity index (χ0n) is 17.8. The predicted octanol–water partition coefficient (Wildman–Crippen LogP) is 4.53. The number of nitrogens with zero attached hydrogens (tertiary/aromatic N) is 4. The van der Waals surface area contributed by atoms with Crippen molar-refractivity contribution in [1.29, 1.82) is 0 Å². The van der Waals surface area contributed by atoms with Gasteiger partial charge >= 0.3 is 0 Å². The molecule has 0 unspecified atom stereocenters. The highest BCUT2D eigenvalue weighted by Gasteiger charge is 2.15. The highest BCUT2D eigenvalue weighted by atomic mass is 16.5. The monoisotopic (exact) mass is 401 g/mol. The maximum atomic E-state index is 5.25. The van der Waals surface area contributed by atoms with Crippen LogP contribution in [0.2, 0.25) is 0 Å². The third-order valence-corrected chi connectivity index (χ3v) is 5.42. The Kier molecular flexibility index (Phi) is 5.68. The first-order valence-electron chi connectivity index (χ1n) is 10.1. The van der Waals surface area contributed by atoms with Crippen molar-refractivity contribution < 1.29 is 4.74 Å². The van der Waals surface area contributed by atoms with Gasteiger partial charge in [0, 0.05) is 36.2 Å². The Morgan fingerprint density at radius 2 is 1.87 bits per heavy atom. The number of methoxy groups -OCH3 is 1. The summed E-state index contributed by atoms with van der Waals surface area (Å²) in [6.07, 6.45) is 5.72. The van der Waals surface area contributed by atoms with Gasteiger partial charge in [-0.15, -0.1) is 0 Å². The molecule has 0 spiro atoms. The average molecular weight is 402 g/mol. The molecule has 0 saturated heterocycles. The number of nitrogens with one attached hydrogen (secondary N) is 1. The number of benzene rings is 2. The summed E-state index contributed by atoms with van der Waals surface area (Å²) in [5.41, 5.74) is 6.86. The van der Waals surface area contributed by atoms with Gasteiger partial charge in [0.1, 0.15) is 5.75 Å². The molecule has 0 aliphatic rings. The fourth-order valence-electron chi connectivity index (χ4n) is 3.69. The van der Waals surface area contributed by atoms with E-state index in [0.29, 0.717) is 0 Å². The molecule has 1 atom stereocenters. The molecule has 2 heterocycles. The Labute approximate surface area is 177 Å². The molecule has 30 heavy (non-hydrogen) atoms. The first kappa shape index (κ1) is 19.9. The van der Waals surface area contributed by atoms with Crippen LogP contribution in [0.15, 0.2) is 67.1 Å². The summed E-state index contributed by atoms with van der Waals surface area (Å²) >= 11 is 0. The first-order valence-corrected chi connectivity index (χ1v) is 10.1. The van der Waals surface area contributed by atoms with Gasteiger partial charge in [0.25, 0.3) is 0 Å². The van der Waals surface area contributed by atoms with Gasteiger partial charge in [-0.1, -0.05) is 17.7 Å². The molecule has 0 aliphatic carbocycles. The largest absolute Gasteiger partial charge is 0.497 e. The minimum absolute atomic E-state index is 0.156. The quantitative estimate of drug-likeness (QED) is 0.494. The maximum absolute atomic E-state index is 5.25. The lowest BCUT2D eigenvalue weighted by molar-refractivity contribution is 0.414. The molecule has 0 amide bonds. The topological polar surface area (TPSA) is 56.9 Å². The molecule has 154 valence electrons. The van der Waals surface area contributed by atoms with Crippen LogP contribution in [-0.2, 0) is 6.54 Å². The summed E-state index contributed by atoms with van der Waals surface area (Å²) in [4.78, 5) is 0. The van der Waals surface area contributed by atoms with Gasteiger partial charge in [0.05, 0.1) is 24.7 Å². The molecule has 6 heteroatoms. The average Bonchev–Trinajstić information content (AvgIpc) is 3.42. The van der Waals surface area contributed by atoms with E-state index in [1.807, 2.05) is 52.1 Å². The zero-order chi connectivity index (χ0) is 21.1. The Morgan fingerprint density at radius 3 is 2.57 bits per heavy atom. The fraction of sp³-hybridized carbons (Fsp3) is 0.250. The molecule has 0 bridgehead atoms. The van der Waals surface area contributed by atoms with Crippen molar-refractivity contribution >= 4 is 0 Å². The summed E-state index contributed by atoms with van der Waals surface area (Å²) in [5.74, 6) is 0.838. The molecule has 2 aromatic carbocycles. The van der Waals surface area contributed by atoms with Crippen LogP contribution in [0.4, 0.5) is 0 Å². The van der Waals surface area contributed by atoms with E-state index in [1.54, 1.807) is 13.3 Å².